The van der Waals surface area contributed by atoms with Gasteiger partial charge in [0.2, 0.25) is 0 Å². The van der Waals surface area contributed by atoms with Gasteiger partial charge in [0.15, 0.2) is 0 Å². The molecule has 172 valence electrons. The van der Waals surface area contributed by atoms with Crippen LogP contribution in [-0.2, 0) is 9.59 Å². The number of nitrogens with one attached hydrogen (secondary N) is 1. The largest absolute Gasteiger partial charge is 0.369 e. The number of nitrogens with zero attached hydrogens (tertiary/aromatic N) is 2. The summed E-state index contributed by atoms with van der Waals surface area (Å²) in [6.07, 6.45) is 2.62. The van der Waals surface area contributed by atoms with Crippen molar-refractivity contribution < 1.29 is 14.4 Å². The van der Waals surface area contributed by atoms with Crippen molar-refractivity contribution in [2.75, 3.05) is 16.8 Å². The molecule has 2 aliphatic rings. The van der Waals surface area contributed by atoms with Crippen LogP contribution in [-0.4, -0.2) is 30.4 Å². The van der Waals surface area contributed by atoms with Gasteiger partial charge in [0, 0.05) is 18.3 Å². The Bertz CT molecular complexity index is 1230. The molecule has 6 nitrogen and oxygen atoms in total. The minimum absolute atomic E-state index is 0.0456. The molecule has 1 saturated heterocycles. The first-order valence-corrected chi connectivity index (χ1v) is 11.3. The zero-order chi connectivity index (χ0) is 24.2. The number of carbonyl (C=O) groups is 3. The van der Waals surface area contributed by atoms with Gasteiger partial charge in [0.25, 0.3) is 11.8 Å². The van der Waals surface area contributed by atoms with E-state index >= 15 is 0 Å². The number of barbiturate groups is 1. The van der Waals surface area contributed by atoms with Crippen molar-refractivity contribution in [3.8, 4) is 0 Å². The molecule has 0 aromatic heterocycles. The fourth-order valence-corrected chi connectivity index (χ4v) is 4.90. The molecule has 6 heteroatoms. The molecule has 0 radical (unpaired) electrons. The van der Waals surface area contributed by atoms with E-state index in [9.17, 15) is 14.4 Å². The maximum atomic E-state index is 13.4. The highest BCUT2D eigenvalue weighted by Gasteiger charge is 2.38. The summed E-state index contributed by atoms with van der Waals surface area (Å²) < 4.78 is 0. The lowest BCUT2D eigenvalue weighted by molar-refractivity contribution is -0.122. The monoisotopic (exact) mass is 445 g/mol. The number of hydrogen-bond acceptors (Lipinski definition) is 4. The molecule has 0 spiro atoms. The zero-order valence-electron chi connectivity index (χ0n) is 20.4. The van der Waals surface area contributed by atoms with E-state index in [1.165, 1.54) is 11.3 Å². The maximum absolute atomic E-state index is 13.4. The van der Waals surface area contributed by atoms with Crippen molar-refractivity contribution >= 4 is 35.3 Å². The summed E-state index contributed by atoms with van der Waals surface area (Å²) in [4.78, 5) is 42.0. The van der Waals surface area contributed by atoms with E-state index in [2.05, 4.69) is 50.2 Å². The highest BCUT2D eigenvalue weighted by molar-refractivity contribution is 6.39. The summed E-state index contributed by atoms with van der Waals surface area (Å²) in [5, 5.41) is 2.33. The van der Waals surface area contributed by atoms with Crippen LogP contribution in [0, 0.1) is 20.8 Å². The second kappa shape index (κ2) is 7.87. The van der Waals surface area contributed by atoms with E-state index in [1.54, 1.807) is 18.2 Å². The summed E-state index contributed by atoms with van der Waals surface area (Å²) in [5.74, 6) is -0.941. The van der Waals surface area contributed by atoms with E-state index < -0.39 is 17.8 Å². The van der Waals surface area contributed by atoms with Crippen LogP contribution in [0.25, 0.3) is 6.08 Å². The number of amides is 4. The molecule has 0 saturated carbocycles. The normalized spacial score (nSPS) is 21.4. The molecule has 4 amide bonds. The molecular formula is C27H31N3O3. The van der Waals surface area contributed by atoms with Gasteiger partial charge in [-0.2, -0.15) is 0 Å². The Balaban J connectivity index is 1.79. The third-order valence-electron chi connectivity index (χ3n) is 7.24. The first-order chi connectivity index (χ1) is 15.4. The van der Waals surface area contributed by atoms with Crippen LogP contribution in [0.3, 0.4) is 0 Å². The second-order valence-corrected chi connectivity index (χ2v) is 9.92. The number of hydrogen-bond donors (Lipinski definition) is 1. The number of fused-ring (bicyclic) bond motifs is 1. The first-order valence-electron chi connectivity index (χ1n) is 11.3. The molecule has 1 N–H and O–H groups in total. The number of urea groups is 1. The lowest BCUT2D eigenvalue weighted by Gasteiger charge is -2.45. The molecular weight excluding hydrogens is 414 g/mol. The lowest BCUT2D eigenvalue weighted by Crippen LogP contribution is -2.54. The molecule has 2 heterocycles. The highest BCUT2D eigenvalue weighted by Crippen LogP contribution is 2.43. The van der Waals surface area contributed by atoms with E-state index in [1.807, 2.05) is 26.8 Å². The average Bonchev–Trinajstić information content (AvgIpc) is 2.72. The van der Waals surface area contributed by atoms with Gasteiger partial charge < -0.3 is 4.90 Å². The Morgan fingerprint density at radius 2 is 1.73 bits per heavy atom. The van der Waals surface area contributed by atoms with Crippen LogP contribution in [0.5, 0.6) is 0 Å². The number of rotatable bonds is 2. The topological polar surface area (TPSA) is 69.7 Å². The Morgan fingerprint density at radius 1 is 1.03 bits per heavy atom. The number of benzene rings is 2. The molecule has 0 aliphatic carbocycles. The van der Waals surface area contributed by atoms with Crippen molar-refractivity contribution in [1.29, 1.82) is 0 Å². The van der Waals surface area contributed by atoms with E-state index in [0.717, 1.165) is 33.6 Å². The standard InChI is InChI=1S/C27H31N3O3/c1-15-9-8-10-22(18(15)4)30-25(32)21(24(31)28-26(30)33)13-19-12-20-17(3)14-27(5,6)29(7)23(20)11-16(19)2/h8-13,17H,14H2,1-7H3,(H,28,31,33)/b21-13+/t17-/m0/s1. The van der Waals surface area contributed by atoms with Crippen LogP contribution in [0.2, 0.25) is 0 Å². The quantitative estimate of drug-likeness (QED) is 0.522. The fraction of sp³-hybridized carbons (Fsp3) is 0.370. The smallest absolute Gasteiger partial charge is 0.335 e. The van der Waals surface area contributed by atoms with Gasteiger partial charge in [-0.1, -0.05) is 19.1 Å². The number of aryl methyl sites for hydroxylation is 2. The first kappa shape index (κ1) is 22.8. The third kappa shape index (κ3) is 3.73. The van der Waals surface area contributed by atoms with Gasteiger partial charge in [0.05, 0.1) is 5.69 Å². The summed E-state index contributed by atoms with van der Waals surface area (Å²) in [6, 6.07) is 8.91. The average molecular weight is 446 g/mol. The molecule has 2 aromatic carbocycles. The summed E-state index contributed by atoms with van der Waals surface area (Å²) in [5.41, 5.74) is 6.40. The zero-order valence-corrected chi connectivity index (χ0v) is 20.4. The van der Waals surface area contributed by atoms with Crippen molar-refractivity contribution in [2.45, 2.75) is 59.4 Å². The minimum Gasteiger partial charge on any atom is -0.369 e. The van der Waals surface area contributed by atoms with Crippen LogP contribution in [0.4, 0.5) is 16.2 Å². The Morgan fingerprint density at radius 3 is 2.42 bits per heavy atom. The Kier molecular flexibility index (Phi) is 5.43. The summed E-state index contributed by atoms with van der Waals surface area (Å²) >= 11 is 0. The fourth-order valence-electron chi connectivity index (χ4n) is 4.90. The number of carbonyl (C=O) groups excluding carboxylic acids is 3. The predicted octanol–water partition coefficient (Wildman–Crippen LogP) is 5.00. The van der Waals surface area contributed by atoms with Crippen molar-refractivity contribution in [1.82, 2.24) is 5.32 Å². The summed E-state index contributed by atoms with van der Waals surface area (Å²) in [6.45, 7) is 12.4. The van der Waals surface area contributed by atoms with Crippen molar-refractivity contribution in [3.63, 3.8) is 0 Å². The van der Waals surface area contributed by atoms with Gasteiger partial charge >= 0.3 is 6.03 Å². The Hall–Kier alpha value is -3.41. The molecule has 2 aliphatic heterocycles. The van der Waals surface area contributed by atoms with Crippen molar-refractivity contribution in [3.05, 3.63) is 63.7 Å². The second-order valence-electron chi connectivity index (χ2n) is 9.92. The molecule has 33 heavy (non-hydrogen) atoms. The van der Waals surface area contributed by atoms with E-state index in [4.69, 9.17) is 0 Å². The molecule has 0 bridgehead atoms. The molecule has 4 rings (SSSR count). The van der Waals surface area contributed by atoms with Gasteiger partial charge in [-0.25, -0.2) is 9.69 Å². The molecule has 2 aromatic rings. The lowest BCUT2D eigenvalue weighted by atomic mass is 9.79. The molecule has 0 unspecified atom stereocenters. The van der Waals surface area contributed by atoms with Crippen LogP contribution >= 0.6 is 0 Å². The molecule has 1 fully saturated rings. The predicted molar refractivity (Wildman–Crippen MR) is 132 cm³/mol. The van der Waals surface area contributed by atoms with Crippen LogP contribution < -0.4 is 15.1 Å². The third-order valence-corrected chi connectivity index (χ3v) is 7.24. The molecule has 1 atom stereocenters. The van der Waals surface area contributed by atoms with Gasteiger partial charge in [-0.3, -0.25) is 14.9 Å². The Labute approximate surface area is 195 Å². The van der Waals surface area contributed by atoms with Gasteiger partial charge in [0.1, 0.15) is 5.57 Å². The van der Waals surface area contributed by atoms with Gasteiger partial charge in [-0.15, -0.1) is 0 Å². The van der Waals surface area contributed by atoms with Crippen LogP contribution in [0.15, 0.2) is 35.9 Å². The minimum atomic E-state index is -0.726. The van der Waals surface area contributed by atoms with Crippen molar-refractivity contribution in [2.24, 2.45) is 0 Å². The highest BCUT2D eigenvalue weighted by atomic mass is 16.2. The SMILES string of the molecule is Cc1cc2c(cc1/C=C1\C(=O)NC(=O)N(c3cccc(C)c3C)C1=O)[C@@H](C)CC(C)(C)N2C. The number of anilines is 2. The maximum Gasteiger partial charge on any atom is 0.335 e. The number of imide groups is 2. The van der Waals surface area contributed by atoms with Crippen LogP contribution in [0.1, 0.15) is 60.9 Å². The van der Waals surface area contributed by atoms with Gasteiger partial charge in [-0.05, 0) is 99.0 Å². The van der Waals surface area contributed by atoms with E-state index in [-0.39, 0.29) is 11.1 Å². The summed E-state index contributed by atoms with van der Waals surface area (Å²) in [7, 11) is 2.11. The van der Waals surface area contributed by atoms with E-state index in [0.29, 0.717) is 11.6 Å².